The number of nitrogens with zero attached hydrogens (tertiary/aromatic N) is 1. The van der Waals surface area contributed by atoms with Gasteiger partial charge in [-0.2, -0.15) is 0 Å². The molecule has 0 saturated carbocycles. The summed E-state index contributed by atoms with van der Waals surface area (Å²) >= 11 is 5.87. The third-order valence-corrected chi connectivity index (χ3v) is 6.81. The molecule has 2 N–H and O–H groups in total. The summed E-state index contributed by atoms with van der Waals surface area (Å²) in [5, 5.41) is 4.84. The Kier molecular flexibility index (Phi) is 8.14. The number of pyridine rings is 1. The monoisotopic (exact) mass is 515 g/mol. The summed E-state index contributed by atoms with van der Waals surface area (Å²) in [4.78, 5) is 18.1. The molecule has 192 valence electrons. The van der Waals surface area contributed by atoms with Crippen molar-refractivity contribution in [3.63, 3.8) is 0 Å². The van der Waals surface area contributed by atoms with Crippen molar-refractivity contribution in [3.8, 4) is 11.5 Å². The Balaban J connectivity index is 1.65. The highest BCUT2D eigenvalue weighted by Crippen LogP contribution is 2.31. The fourth-order valence-corrected chi connectivity index (χ4v) is 4.70. The Labute approximate surface area is 223 Å². The van der Waals surface area contributed by atoms with E-state index >= 15 is 0 Å². The molecule has 0 bridgehead atoms. The second-order valence-electron chi connectivity index (χ2n) is 9.33. The summed E-state index contributed by atoms with van der Waals surface area (Å²) in [6, 6.07) is 20.2. The zero-order valence-electron chi connectivity index (χ0n) is 22.0. The molecule has 4 aromatic rings. The van der Waals surface area contributed by atoms with Crippen LogP contribution in [-0.2, 0) is 13.0 Å². The number of thiocarbonyl (C=S) groups is 1. The van der Waals surface area contributed by atoms with Crippen molar-refractivity contribution in [1.29, 1.82) is 0 Å². The van der Waals surface area contributed by atoms with Crippen LogP contribution in [0.5, 0.6) is 11.5 Å². The molecule has 0 aliphatic heterocycles. The number of hydrogen-bond acceptors (Lipinski definition) is 4. The molecule has 1 heterocycles. The number of aryl methyl sites for hydroxylation is 3. The molecule has 0 spiro atoms. The van der Waals surface area contributed by atoms with Gasteiger partial charge >= 0.3 is 0 Å². The molecule has 0 atom stereocenters. The van der Waals surface area contributed by atoms with Gasteiger partial charge in [0.2, 0.25) is 0 Å². The van der Waals surface area contributed by atoms with Crippen LogP contribution in [0.3, 0.4) is 0 Å². The molecule has 6 nitrogen and oxygen atoms in total. The molecule has 37 heavy (non-hydrogen) atoms. The summed E-state index contributed by atoms with van der Waals surface area (Å²) in [5.74, 6) is 1.17. The highest BCUT2D eigenvalue weighted by Gasteiger charge is 2.16. The van der Waals surface area contributed by atoms with Crippen molar-refractivity contribution >= 4 is 33.9 Å². The fraction of sp³-hybridized carbons (Fsp3) is 0.267. The van der Waals surface area contributed by atoms with Crippen LogP contribution in [0.1, 0.15) is 27.8 Å². The Morgan fingerprint density at radius 2 is 1.68 bits per heavy atom. The zero-order valence-corrected chi connectivity index (χ0v) is 22.8. The normalized spacial score (nSPS) is 10.8. The maximum absolute atomic E-state index is 13.1. The molecular formula is C30H33N3O3S. The topological polar surface area (TPSA) is 66.6 Å². The van der Waals surface area contributed by atoms with Crippen molar-refractivity contribution in [2.75, 3.05) is 26.1 Å². The van der Waals surface area contributed by atoms with E-state index in [0.717, 1.165) is 23.1 Å². The van der Waals surface area contributed by atoms with Crippen molar-refractivity contribution in [3.05, 3.63) is 98.8 Å². The summed E-state index contributed by atoms with van der Waals surface area (Å²) < 4.78 is 10.8. The van der Waals surface area contributed by atoms with Crippen LogP contribution in [0.2, 0.25) is 0 Å². The minimum Gasteiger partial charge on any atom is -0.493 e. The SMILES string of the molecule is COc1cc2cc(CN(CCc3cccc(C)c3)C(=S)Nc3ccc(C)cc3C)c(=O)[nH]c2cc1OC. The quantitative estimate of drug-likeness (QED) is 0.284. The van der Waals surface area contributed by atoms with Crippen molar-refractivity contribution in [2.45, 2.75) is 33.7 Å². The maximum Gasteiger partial charge on any atom is 0.253 e. The highest BCUT2D eigenvalue weighted by molar-refractivity contribution is 7.80. The third-order valence-electron chi connectivity index (χ3n) is 6.45. The van der Waals surface area contributed by atoms with Crippen LogP contribution in [0, 0.1) is 20.8 Å². The number of anilines is 1. The minimum atomic E-state index is -0.158. The van der Waals surface area contributed by atoms with Gasteiger partial charge in [-0.25, -0.2) is 0 Å². The van der Waals surface area contributed by atoms with Crippen molar-refractivity contribution < 1.29 is 9.47 Å². The Hall–Kier alpha value is -3.84. The van der Waals surface area contributed by atoms with E-state index in [9.17, 15) is 4.79 Å². The first-order valence-electron chi connectivity index (χ1n) is 12.2. The summed E-state index contributed by atoms with van der Waals surface area (Å²) in [7, 11) is 3.17. The van der Waals surface area contributed by atoms with Crippen LogP contribution in [0.4, 0.5) is 5.69 Å². The predicted octanol–water partition coefficient (Wildman–Crippen LogP) is 5.91. The lowest BCUT2D eigenvalue weighted by atomic mass is 10.1. The number of rotatable bonds is 8. The molecule has 0 radical (unpaired) electrons. The number of nitrogens with one attached hydrogen (secondary N) is 2. The van der Waals surface area contributed by atoms with E-state index in [4.69, 9.17) is 21.7 Å². The van der Waals surface area contributed by atoms with Gasteiger partial charge in [0.1, 0.15) is 0 Å². The van der Waals surface area contributed by atoms with E-state index in [0.29, 0.717) is 40.8 Å². The number of hydrogen-bond donors (Lipinski definition) is 2. The molecule has 7 heteroatoms. The smallest absolute Gasteiger partial charge is 0.253 e. The van der Waals surface area contributed by atoms with Gasteiger partial charge in [0.25, 0.3) is 5.56 Å². The summed E-state index contributed by atoms with van der Waals surface area (Å²) in [5.41, 5.74) is 6.86. The molecule has 0 aliphatic rings. The first-order valence-corrected chi connectivity index (χ1v) is 12.6. The van der Waals surface area contributed by atoms with Crippen LogP contribution in [0.25, 0.3) is 10.9 Å². The second kappa shape index (κ2) is 11.5. The fourth-order valence-electron chi connectivity index (χ4n) is 4.43. The predicted molar refractivity (Wildman–Crippen MR) is 155 cm³/mol. The van der Waals surface area contributed by atoms with E-state index in [1.165, 1.54) is 16.7 Å². The van der Waals surface area contributed by atoms with Crippen LogP contribution < -0.4 is 20.3 Å². The second-order valence-corrected chi connectivity index (χ2v) is 9.71. The van der Waals surface area contributed by atoms with Gasteiger partial charge in [0.05, 0.1) is 26.3 Å². The van der Waals surface area contributed by atoms with Crippen LogP contribution in [0.15, 0.2) is 65.5 Å². The largest absolute Gasteiger partial charge is 0.493 e. The van der Waals surface area contributed by atoms with Gasteiger partial charge in [-0.15, -0.1) is 0 Å². The first-order chi connectivity index (χ1) is 17.8. The van der Waals surface area contributed by atoms with Crippen molar-refractivity contribution in [1.82, 2.24) is 9.88 Å². The molecule has 0 saturated heterocycles. The lowest BCUT2D eigenvalue weighted by Crippen LogP contribution is -2.37. The maximum atomic E-state index is 13.1. The van der Waals surface area contributed by atoms with Crippen LogP contribution >= 0.6 is 12.2 Å². The molecule has 3 aromatic carbocycles. The standard InChI is InChI=1S/C30H33N3O3S/c1-19-7-6-8-22(14-19)11-12-33(30(37)32-25-10-9-20(2)13-21(25)3)18-24-15-23-16-27(35-4)28(36-5)17-26(23)31-29(24)34/h6-10,13-17H,11-12,18H2,1-5H3,(H,31,34)(H,32,37). The summed E-state index contributed by atoms with van der Waals surface area (Å²) in [6.45, 7) is 7.24. The highest BCUT2D eigenvalue weighted by atomic mass is 32.1. The third kappa shape index (κ3) is 6.30. The van der Waals surface area contributed by atoms with E-state index in [2.05, 4.69) is 67.5 Å². The Morgan fingerprint density at radius 3 is 2.38 bits per heavy atom. The van der Waals surface area contributed by atoms with Gasteiger partial charge in [0.15, 0.2) is 16.6 Å². The molecule has 0 amide bonds. The molecule has 0 unspecified atom stereocenters. The van der Waals surface area contributed by atoms with E-state index in [1.54, 1.807) is 20.3 Å². The van der Waals surface area contributed by atoms with Crippen molar-refractivity contribution in [2.24, 2.45) is 0 Å². The molecule has 4 rings (SSSR count). The van der Waals surface area contributed by atoms with Gasteiger partial charge in [-0.05, 0) is 68.7 Å². The van der Waals surface area contributed by atoms with E-state index in [-0.39, 0.29) is 5.56 Å². The number of fused-ring (bicyclic) bond motifs is 1. The number of aromatic nitrogens is 1. The Bertz CT molecular complexity index is 1500. The molecule has 0 fully saturated rings. The number of methoxy groups -OCH3 is 2. The van der Waals surface area contributed by atoms with E-state index < -0.39 is 0 Å². The summed E-state index contributed by atoms with van der Waals surface area (Å²) in [6.07, 6.45) is 0.798. The first kappa shape index (κ1) is 26.2. The number of aromatic amines is 1. The van der Waals surface area contributed by atoms with Crippen LogP contribution in [-0.4, -0.2) is 35.8 Å². The average molecular weight is 516 g/mol. The number of ether oxygens (including phenoxy) is 2. The van der Waals surface area contributed by atoms with E-state index in [1.807, 2.05) is 23.1 Å². The molecule has 1 aromatic heterocycles. The zero-order chi connectivity index (χ0) is 26.5. The molecule has 0 aliphatic carbocycles. The van der Waals surface area contributed by atoms with Gasteiger partial charge < -0.3 is 24.7 Å². The number of H-pyrrole nitrogens is 1. The van der Waals surface area contributed by atoms with Gasteiger partial charge in [0, 0.05) is 29.2 Å². The van der Waals surface area contributed by atoms with Gasteiger partial charge in [-0.3, -0.25) is 4.79 Å². The van der Waals surface area contributed by atoms with Gasteiger partial charge in [-0.1, -0.05) is 47.5 Å². The molecular weight excluding hydrogens is 482 g/mol. The minimum absolute atomic E-state index is 0.158. The average Bonchev–Trinajstić information content (AvgIpc) is 2.87. The Morgan fingerprint density at radius 1 is 0.946 bits per heavy atom. The number of benzene rings is 3. The lowest BCUT2D eigenvalue weighted by molar-refractivity contribution is 0.355. The lowest BCUT2D eigenvalue weighted by Gasteiger charge is -2.26.